The van der Waals surface area contributed by atoms with Crippen LogP contribution < -0.4 is 0 Å². The lowest BCUT2D eigenvalue weighted by molar-refractivity contribution is 0.205. The summed E-state index contributed by atoms with van der Waals surface area (Å²) >= 11 is 0. The minimum atomic E-state index is -0.236. The number of aliphatic imine (C=N–C) groups is 1. The van der Waals surface area contributed by atoms with Crippen LogP contribution in [0.3, 0.4) is 0 Å². The second-order valence-electron chi connectivity index (χ2n) is 5.27. The second-order valence-corrected chi connectivity index (χ2v) is 5.27. The van der Waals surface area contributed by atoms with Crippen molar-refractivity contribution in [3.63, 3.8) is 0 Å². The van der Waals surface area contributed by atoms with Crippen LogP contribution in [-0.2, 0) is 4.79 Å². The normalized spacial score (nSPS) is 32.1. The summed E-state index contributed by atoms with van der Waals surface area (Å²) in [6.07, 6.45) is 12.6. The molecular formula is C14H21NO. The van der Waals surface area contributed by atoms with Crippen LogP contribution in [0.25, 0.3) is 0 Å². The van der Waals surface area contributed by atoms with Crippen LogP contribution in [0.15, 0.2) is 17.1 Å². The Bertz CT molecular complexity index is 311. The van der Waals surface area contributed by atoms with E-state index in [1.807, 2.05) is 6.08 Å². The van der Waals surface area contributed by atoms with Crippen molar-refractivity contribution < 1.29 is 4.79 Å². The third-order valence-corrected chi connectivity index (χ3v) is 4.42. The number of isocyanates is 1. The highest BCUT2D eigenvalue weighted by Gasteiger charge is 2.42. The van der Waals surface area contributed by atoms with Gasteiger partial charge in [-0.25, -0.2) is 4.79 Å². The zero-order chi connectivity index (χ0) is 11.4. The molecule has 0 saturated heterocycles. The second kappa shape index (κ2) is 4.97. The first kappa shape index (κ1) is 11.6. The molecule has 2 rings (SSSR count). The molecule has 1 atom stereocenters. The number of hydrogen-bond acceptors (Lipinski definition) is 2. The lowest BCUT2D eigenvalue weighted by Gasteiger charge is -2.42. The van der Waals surface area contributed by atoms with Crippen molar-refractivity contribution in [2.24, 2.45) is 10.9 Å². The maximum Gasteiger partial charge on any atom is 0.235 e. The molecule has 88 valence electrons. The van der Waals surface area contributed by atoms with Crippen molar-refractivity contribution in [3.05, 3.63) is 12.2 Å². The van der Waals surface area contributed by atoms with Crippen molar-refractivity contribution >= 4 is 6.08 Å². The van der Waals surface area contributed by atoms with E-state index in [1.54, 1.807) is 0 Å². The van der Waals surface area contributed by atoms with Crippen molar-refractivity contribution in [2.75, 3.05) is 0 Å². The molecule has 0 radical (unpaired) electrons. The van der Waals surface area contributed by atoms with Gasteiger partial charge in [-0.3, -0.25) is 0 Å². The topological polar surface area (TPSA) is 29.4 Å². The van der Waals surface area contributed by atoms with Crippen LogP contribution in [0.4, 0.5) is 0 Å². The largest absolute Gasteiger partial charge is 0.235 e. The highest BCUT2D eigenvalue weighted by molar-refractivity contribution is 5.39. The summed E-state index contributed by atoms with van der Waals surface area (Å²) in [6, 6.07) is 0. The number of rotatable bonds is 2. The standard InChI is InChI=1S/C14H21NO/c1-12-7-5-6-10-14(12,15-11-16)13-8-3-2-4-9-13/h13H,1-10H2. The molecule has 0 aliphatic heterocycles. The van der Waals surface area contributed by atoms with Crippen molar-refractivity contribution in [1.29, 1.82) is 0 Å². The van der Waals surface area contributed by atoms with Crippen molar-refractivity contribution in [2.45, 2.75) is 63.3 Å². The first-order valence-electron chi connectivity index (χ1n) is 6.57. The Morgan fingerprint density at radius 1 is 1.19 bits per heavy atom. The van der Waals surface area contributed by atoms with Gasteiger partial charge < -0.3 is 0 Å². The van der Waals surface area contributed by atoms with Crippen LogP contribution in [0.1, 0.15) is 57.8 Å². The molecule has 2 heteroatoms. The monoisotopic (exact) mass is 219 g/mol. The van der Waals surface area contributed by atoms with Gasteiger partial charge in [0.2, 0.25) is 6.08 Å². The molecule has 2 nitrogen and oxygen atoms in total. The van der Waals surface area contributed by atoms with Gasteiger partial charge >= 0.3 is 0 Å². The quantitative estimate of drug-likeness (QED) is 0.395. The predicted molar refractivity (Wildman–Crippen MR) is 65.0 cm³/mol. The molecule has 0 aromatic carbocycles. The van der Waals surface area contributed by atoms with E-state index in [0.717, 1.165) is 12.8 Å². The molecule has 2 aliphatic carbocycles. The van der Waals surface area contributed by atoms with E-state index in [4.69, 9.17) is 0 Å². The third-order valence-electron chi connectivity index (χ3n) is 4.42. The lowest BCUT2D eigenvalue weighted by atomic mass is 9.66. The van der Waals surface area contributed by atoms with E-state index in [0.29, 0.717) is 5.92 Å². The van der Waals surface area contributed by atoms with Gasteiger partial charge in [0.1, 0.15) is 0 Å². The van der Waals surface area contributed by atoms with E-state index < -0.39 is 0 Å². The maximum absolute atomic E-state index is 10.7. The van der Waals surface area contributed by atoms with Gasteiger partial charge in [0.25, 0.3) is 0 Å². The molecule has 16 heavy (non-hydrogen) atoms. The Balaban J connectivity index is 2.25. The maximum atomic E-state index is 10.7. The smallest absolute Gasteiger partial charge is 0.211 e. The summed E-state index contributed by atoms with van der Waals surface area (Å²) in [6.45, 7) is 4.19. The predicted octanol–water partition coefficient (Wildman–Crippen LogP) is 3.77. The number of nitrogens with zero attached hydrogens (tertiary/aromatic N) is 1. The van der Waals surface area contributed by atoms with Crippen molar-refractivity contribution in [1.82, 2.24) is 0 Å². The van der Waals surface area contributed by atoms with Gasteiger partial charge in [0, 0.05) is 0 Å². The minimum absolute atomic E-state index is 0.236. The molecule has 2 saturated carbocycles. The molecule has 0 N–H and O–H groups in total. The van der Waals surface area contributed by atoms with Gasteiger partial charge in [0.15, 0.2) is 0 Å². The lowest BCUT2D eigenvalue weighted by Crippen LogP contribution is -2.41. The Morgan fingerprint density at radius 2 is 1.94 bits per heavy atom. The Kier molecular flexibility index (Phi) is 3.60. The molecule has 0 spiro atoms. The van der Waals surface area contributed by atoms with E-state index in [9.17, 15) is 4.79 Å². The molecule has 0 bridgehead atoms. The average molecular weight is 219 g/mol. The van der Waals surface area contributed by atoms with Gasteiger partial charge in [0.05, 0.1) is 5.54 Å². The fourth-order valence-electron chi connectivity index (χ4n) is 3.51. The van der Waals surface area contributed by atoms with E-state index >= 15 is 0 Å². The molecule has 0 amide bonds. The molecule has 1 unspecified atom stereocenters. The summed E-state index contributed by atoms with van der Waals surface area (Å²) in [5.41, 5.74) is 0.953. The highest BCUT2D eigenvalue weighted by atomic mass is 16.1. The third kappa shape index (κ3) is 1.99. The van der Waals surface area contributed by atoms with Crippen LogP contribution >= 0.6 is 0 Å². The fraction of sp³-hybridized carbons (Fsp3) is 0.786. The van der Waals surface area contributed by atoms with Gasteiger partial charge in [-0.1, -0.05) is 32.3 Å². The summed E-state index contributed by atoms with van der Waals surface area (Å²) in [7, 11) is 0. The fourth-order valence-corrected chi connectivity index (χ4v) is 3.51. The Hall–Kier alpha value is -0.880. The van der Waals surface area contributed by atoms with E-state index in [2.05, 4.69) is 11.6 Å². The minimum Gasteiger partial charge on any atom is -0.211 e. The first-order chi connectivity index (χ1) is 7.79. The molecule has 0 aromatic rings. The summed E-state index contributed by atoms with van der Waals surface area (Å²) < 4.78 is 0. The Morgan fingerprint density at radius 3 is 2.56 bits per heavy atom. The summed E-state index contributed by atoms with van der Waals surface area (Å²) in [5, 5.41) is 0. The number of hydrogen-bond donors (Lipinski definition) is 0. The van der Waals surface area contributed by atoms with Crippen LogP contribution in [-0.4, -0.2) is 11.6 Å². The summed E-state index contributed by atoms with van der Waals surface area (Å²) in [5.74, 6) is 0.551. The highest BCUT2D eigenvalue weighted by Crippen LogP contribution is 2.46. The van der Waals surface area contributed by atoms with Gasteiger partial charge in [-0.15, -0.1) is 0 Å². The van der Waals surface area contributed by atoms with E-state index in [-0.39, 0.29) is 5.54 Å². The zero-order valence-electron chi connectivity index (χ0n) is 10.0. The van der Waals surface area contributed by atoms with Gasteiger partial charge in [-0.05, 0) is 43.6 Å². The zero-order valence-corrected chi connectivity index (χ0v) is 10.0. The molecule has 0 heterocycles. The molecule has 0 aromatic heterocycles. The SMILES string of the molecule is C=C1CCCCC1(N=C=O)C1CCCCC1. The van der Waals surface area contributed by atoms with Gasteiger partial charge in [-0.2, -0.15) is 4.99 Å². The van der Waals surface area contributed by atoms with Crippen LogP contribution in [0.5, 0.6) is 0 Å². The Labute approximate surface area is 97.8 Å². The van der Waals surface area contributed by atoms with Crippen LogP contribution in [0.2, 0.25) is 0 Å². The first-order valence-corrected chi connectivity index (χ1v) is 6.57. The molecule has 2 fully saturated rings. The van der Waals surface area contributed by atoms with Crippen LogP contribution in [0, 0.1) is 5.92 Å². The number of carbonyl (C=O) groups excluding carboxylic acids is 1. The van der Waals surface area contributed by atoms with E-state index in [1.165, 1.54) is 50.5 Å². The molecule has 2 aliphatic rings. The average Bonchev–Trinajstić information content (AvgIpc) is 2.34. The summed E-state index contributed by atoms with van der Waals surface area (Å²) in [4.78, 5) is 14.9. The molecular weight excluding hydrogens is 198 g/mol. The van der Waals surface area contributed by atoms with Crippen molar-refractivity contribution in [3.8, 4) is 0 Å².